The lowest BCUT2D eigenvalue weighted by Crippen LogP contribution is -2.29. The van der Waals surface area contributed by atoms with Crippen molar-refractivity contribution in [2.24, 2.45) is 7.05 Å². The van der Waals surface area contributed by atoms with Crippen LogP contribution in [-0.2, 0) is 11.8 Å². The maximum absolute atomic E-state index is 13.0. The molecule has 1 N–H and O–H groups in total. The van der Waals surface area contributed by atoms with Gasteiger partial charge in [0.25, 0.3) is 5.91 Å². The average Bonchev–Trinajstić information content (AvgIpc) is 3.21. The van der Waals surface area contributed by atoms with Crippen LogP contribution in [0.2, 0.25) is 0 Å². The first-order chi connectivity index (χ1) is 16.2. The van der Waals surface area contributed by atoms with E-state index in [4.69, 9.17) is 14.2 Å². The van der Waals surface area contributed by atoms with E-state index in [1.165, 1.54) is 24.9 Å². The van der Waals surface area contributed by atoms with Gasteiger partial charge in [-0.15, -0.1) is 0 Å². The summed E-state index contributed by atoms with van der Waals surface area (Å²) in [6, 6.07) is 9.08. The maximum Gasteiger partial charge on any atom is 0.514 e. The lowest BCUT2D eigenvalue weighted by atomic mass is 10.0. The Morgan fingerprint density at radius 3 is 2.44 bits per heavy atom. The van der Waals surface area contributed by atoms with E-state index in [9.17, 15) is 9.59 Å². The van der Waals surface area contributed by atoms with Crippen LogP contribution in [0.4, 0.5) is 4.79 Å². The number of amides is 1. The summed E-state index contributed by atoms with van der Waals surface area (Å²) in [6.45, 7) is 7.79. The number of pyridine rings is 1. The largest absolute Gasteiger partial charge is 0.514 e. The Bertz CT molecular complexity index is 1160. The van der Waals surface area contributed by atoms with Crippen LogP contribution in [0.1, 0.15) is 61.5 Å². The minimum atomic E-state index is -0.963. The van der Waals surface area contributed by atoms with Crippen molar-refractivity contribution in [1.29, 1.82) is 0 Å². The molecule has 10 heteroatoms. The lowest BCUT2D eigenvalue weighted by molar-refractivity contribution is 0.0915. The van der Waals surface area contributed by atoms with Crippen LogP contribution in [0.15, 0.2) is 36.5 Å². The van der Waals surface area contributed by atoms with Crippen molar-refractivity contribution in [3.63, 3.8) is 0 Å². The van der Waals surface area contributed by atoms with Crippen LogP contribution in [-0.4, -0.2) is 45.5 Å². The minimum absolute atomic E-state index is 0.119. The number of hydrogen-bond acceptors (Lipinski definition) is 8. The highest BCUT2D eigenvalue weighted by atomic mass is 16.7. The van der Waals surface area contributed by atoms with Gasteiger partial charge in [0.1, 0.15) is 0 Å². The molecule has 2 aromatic heterocycles. The highest BCUT2D eigenvalue weighted by molar-refractivity contribution is 5.96. The van der Waals surface area contributed by atoms with Crippen molar-refractivity contribution < 1.29 is 23.8 Å². The summed E-state index contributed by atoms with van der Waals surface area (Å²) in [5.74, 6) is 0.993. The van der Waals surface area contributed by atoms with E-state index in [-0.39, 0.29) is 23.8 Å². The van der Waals surface area contributed by atoms with E-state index < -0.39 is 18.1 Å². The topological polar surface area (TPSA) is 117 Å². The minimum Gasteiger partial charge on any atom is -0.493 e. The molecule has 0 aliphatic heterocycles. The third kappa shape index (κ3) is 5.51. The van der Waals surface area contributed by atoms with Crippen molar-refractivity contribution in [3.8, 4) is 22.9 Å². The smallest absolute Gasteiger partial charge is 0.493 e. The molecule has 0 saturated carbocycles. The number of nitrogens with one attached hydrogen (secondary N) is 1. The zero-order chi connectivity index (χ0) is 24.8. The Hall–Kier alpha value is -3.95. The third-order valence-electron chi connectivity index (χ3n) is 5.10. The van der Waals surface area contributed by atoms with E-state index in [2.05, 4.69) is 46.4 Å². The fourth-order valence-electron chi connectivity index (χ4n) is 3.27. The van der Waals surface area contributed by atoms with Crippen molar-refractivity contribution >= 4 is 12.1 Å². The van der Waals surface area contributed by atoms with Crippen LogP contribution >= 0.6 is 0 Å². The maximum atomic E-state index is 13.0. The standard InChI is InChI=1S/C24H29N5O5/c1-7-33-24(31)34-20-18(32-6)12-13-25-19(20)23(30)26-15(4)21-27-22(29(5)28-21)17-10-8-16(9-11-17)14(2)3/h8-15H,7H2,1-6H3,(H,26,30)/t15-/m0/s1. The quantitative estimate of drug-likeness (QED) is 0.493. The molecule has 10 nitrogen and oxygen atoms in total. The normalized spacial score (nSPS) is 11.7. The Morgan fingerprint density at radius 1 is 1.12 bits per heavy atom. The number of nitrogens with zero attached hydrogens (tertiary/aromatic N) is 4. The summed E-state index contributed by atoms with van der Waals surface area (Å²) < 4.78 is 16.9. The molecule has 0 saturated heterocycles. The molecule has 1 amide bonds. The number of carbonyl (C=O) groups is 2. The predicted molar refractivity (Wildman–Crippen MR) is 125 cm³/mol. The summed E-state index contributed by atoms with van der Waals surface area (Å²) in [6.07, 6.45) is 0.421. The number of rotatable bonds is 8. The summed E-state index contributed by atoms with van der Waals surface area (Å²) in [5, 5.41) is 7.26. The molecular formula is C24H29N5O5. The van der Waals surface area contributed by atoms with Gasteiger partial charge in [-0.2, -0.15) is 5.10 Å². The summed E-state index contributed by atoms with van der Waals surface area (Å²) in [4.78, 5) is 33.5. The van der Waals surface area contributed by atoms with Crippen LogP contribution in [0, 0.1) is 0 Å². The number of carbonyl (C=O) groups excluding carboxylic acids is 2. The van der Waals surface area contributed by atoms with Crippen molar-refractivity contribution in [3.05, 3.63) is 53.6 Å². The zero-order valence-electron chi connectivity index (χ0n) is 20.2. The number of methoxy groups -OCH3 is 1. The second kappa shape index (κ2) is 10.8. The molecule has 3 rings (SSSR count). The molecule has 0 bridgehead atoms. The number of hydrogen-bond donors (Lipinski definition) is 1. The predicted octanol–water partition coefficient (Wildman–Crippen LogP) is 4.04. The molecule has 34 heavy (non-hydrogen) atoms. The zero-order valence-corrected chi connectivity index (χ0v) is 20.2. The van der Waals surface area contributed by atoms with Gasteiger partial charge in [-0.3, -0.25) is 4.79 Å². The monoisotopic (exact) mass is 467 g/mol. The number of aryl methyl sites for hydroxylation is 1. The van der Waals surface area contributed by atoms with Gasteiger partial charge < -0.3 is 19.5 Å². The second-order valence-corrected chi connectivity index (χ2v) is 7.87. The Morgan fingerprint density at radius 2 is 1.82 bits per heavy atom. The highest BCUT2D eigenvalue weighted by Crippen LogP contribution is 2.30. The van der Waals surface area contributed by atoms with E-state index >= 15 is 0 Å². The van der Waals surface area contributed by atoms with Gasteiger partial charge in [0.05, 0.1) is 19.8 Å². The molecule has 0 aliphatic carbocycles. The molecule has 0 spiro atoms. The van der Waals surface area contributed by atoms with E-state index in [0.717, 1.165) is 5.56 Å². The molecule has 3 aromatic rings. The number of benzene rings is 1. The summed E-state index contributed by atoms with van der Waals surface area (Å²) >= 11 is 0. The van der Waals surface area contributed by atoms with E-state index in [1.54, 1.807) is 25.6 Å². The molecule has 0 radical (unpaired) electrons. The van der Waals surface area contributed by atoms with Crippen LogP contribution in [0.25, 0.3) is 11.4 Å². The molecule has 1 aromatic carbocycles. The van der Waals surface area contributed by atoms with Gasteiger partial charge in [0, 0.05) is 24.9 Å². The fraction of sp³-hybridized carbons (Fsp3) is 0.375. The summed E-state index contributed by atoms with van der Waals surface area (Å²) in [5.41, 5.74) is 2.03. The van der Waals surface area contributed by atoms with Gasteiger partial charge in [0.15, 0.2) is 23.1 Å². The first-order valence-corrected chi connectivity index (χ1v) is 10.9. The first-order valence-electron chi connectivity index (χ1n) is 10.9. The highest BCUT2D eigenvalue weighted by Gasteiger charge is 2.25. The Kier molecular flexibility index (Phi) is 7.83. The van der Waals surface area contributed by atoms with Gasteiger partial charge in [-0.25, -0.2) is 19.4 Å². The van der Waals surface area contributed by atoms with Crippen molar-refractivity contribution in [1.82, 2.24) is 25.1 Å². The SMILES string of the molecule is CCOC(=O)Oc1c(OC)ccnc1C(=O)N[C@@H](C)c1nc(-c2ccc(C(C)C)cc2)n(C)n1. The van der Waals surface area contributed by atoms with Crippen LogP contribution in [0.5, 0.6) is 11.5 Å². The molecule has 0 aliphatic rings. The molecule has 180 valence electrons. The first kappa shape index (κ1) is 24.7. The average molecular weight is 468 g/mol. The molecular weight excluding hydrogens is 438 g/mol. The molecule has 0 unspecified atom stereocenters. The van der Waals surface area contributed by atoms with Gasteiger partial charge in [-0.05, 0) is 25.3 Å². The van der Waals surface area contributed by atoms with Gasteiger partial charge in [-0.1, -0.05) is 38.1 Å². The van der Waals surface area contributed by atoms with E-state index in [1.807, 2.05) is 12.1 Å². The Labute approximate surface area is 198 Å². The Balaban J connectivity index is 1.81. The van der Waals surface area contributed by atoms with Crippen molar-refractivity contribution in [2.45, 2.75) is 39.7 Å². The van der Waals surface area contributed by atoms with E-state index in [0.29, 0.717) is 17.6 Å². The summed E-state index contributed by atoms with van der Waals surface area (Å²) in [7, 11) is 3.19. The fourth-order valence-corrected chi connectivity index (χ4v) is 3.27. The van der Waals surface area contributed by atoms with Crippen LogP contribution in [0.3, 0.4) is 0 Å². The molecule has 1 atom stereocenters. The van der Waals surface area contributed by atoms with Gasteiger partial charge in [0.2, 0.25) is 5.75 Å². The second-order valence-electron chi connectivity index (χ2n) is 7.87. The molecule has 0 fully saturated rings. The van der Waals surface area contributed by atoms with Crippen molar-refractivity contribution in [2.75, 3.05) is 13.7 Å². The molecule has 2 heterocycles. The number of ether oxygens (including phenoxy) is 3. The van der Waals surface area contributed by atoms with Crippen LogP contribution < -0.4 is 14.8 Å². The lowest BCUT2D eigenvalue weighted by Gasteiger charge is -2.14. The van der Waals surface area contributed by atoms with Gasteiger partial charge >= 0.3 is 6.16 Å². The number of aromatic nitrogens is 4. The third-order valence-corrected chi connectivity index (χ3v) is 5.10.